The van der Waals surface area contributed by atoms with Gasteiger partial charge >= 0.3 is 0 Å². The lowest BCUT2D eigenvalue weighted by Gasteiger charge is -2.31. The molecule has 0 saturated carbocycles. The number of hydrogen-bond acceptors (Lipinski definition) is 3. The van der Waals surface area contributed by atoms with Crippen molar-refractivity contribution in [1.29, 1.82) is 0 Å². The number of aryl methyl sites for hydroxylation is 1. The number of nitrogens with one attached hydrogen (secondary N) is 1. The van der Waals surface area contributed by atoms with Crippen LogP contribution in [0.25, 0.3) is 10.1 Å². The number of thiophene rings is 1. The van der Waals surface area contributed by atoms with E-state index >= 15 is 0 Å². The van der Waals surface area contributed by atoms with Gasteiger partial charge in [-0.1, -0.05) is 0 Å². The van der Waals surface area contributed by atoms with Gasteiger partial charge in [0, 0.05) is 17.8 Å². The van der Waals surface area contributed by atoms with Crippen LogP contribution >= 0.6 is 11.3 Å². The van der Waals surface area contributed by atoms with Crippen molar-refractivity contribution in [3.8, 4) is 0 Å². The van der Waals surface area contributed by atoms with E-state index in [1.807, 2.05) is 18.9 Å². The average molecular weight is 306 g/mol. The summed E-state index contributed by atoms with van der Waals surface area (Å²) in [5, 5.41) is 4.16. The highest BCUT2D eigenvalue weighted by molar-refractivity contribution is 7.21. The Morgan fingerprint density at radius 2 is 2.10 bits per heavy atom. The molecule has 0 spiro atoms. The molecule has 112 valence electrons. The fourth-order valence-corrected chi connectivity index (χ4v) is 4.09. The standard InChI is InChI=1S/C16H19FN2OS/c1-10-13-9-11(17)3-4-14(13)21-15(10)16(20)19(2)12-5-7-18-8-6-12/h3-4,9,12,18H,5-8H2,1-2H3. The SMILES string of the molecule is Cc1c(C(=O)N(C)C2CCNCC2)sc2ccc(F)cc12. The minimum Gasteiger partial charge on any atom is -0.338 e. The molecule has 1 amide bonds. The Morgan fingerprint density at radius 1 is 1.38 bits per heavy atom. The van der Waals surface area contributed by atoms with Crippen LogP contribution in [-0.2, 0) is 0 Å². The smallest absolute Gasteiger partial charge is 0.264 e. The van der Waals surface area contributed by atoms with E-state index in [1.165, 1.54) is 23.5 Å². The summed E-state index contributed by atoms with van der Waals surface area (Å²) in [5.41, 5.74) is 0.889. The summed E-state index contributed by atoms with van der Waals surface area (Å²) in [6, 6.07) is 5.01. The third-order valence-corrected chi connectivity index (χ3v) is 5.53. The van der Waals surface area contributed by atoms with Crippen LogP contribution in [0.4, 0.5) is 4.39 Å². The Labute approximate surface area is 127 Å². The molecule has 0 radical (unpaired) electrons. The van der Waals surface area contributed by atoms with Crippen LogP contribution in [0.5, 0.6) is 0 Å². The van der Waals surface area contributed by atoms with Crippen molar-refractivity contribution in [2.24, 2.45) is 0 Å². The highest BCUT2D eigenvalue weighted by Crippen LogP contribution is 2.32. The van der Waals surface area contributed by atoms with Crippen molar-refractivity contribution in [3.05, 3.63) is 34.5 Å². The van der Waals surface area contributed by atoms with Crippen molar-refractivity contribution in [2.45, 2.75) is 25.8 Å². The summed E-state index contributed by atoms with van der Waals surface area (Å²) in [6.07, 6.45) is 1.97. The number of fused-ring (bicyclic) bond motifs is 1. The van der Waals surface area contributed by atoms with E-state index in [-0.39, 0.29) is 11.7 Å². The van der Waals surface area contributed by atoms with Gasteiger partial charge in [-0.2, -0.15) is 0 Å². The van der Waals surface area contributed by atoms with Gasteiger partial charge in [-0.3, -0.25) is 4.79 Å². The number of halogens is 1. The molecule has 1 aliphatic rings. The first kappa shape index (κ1) is 14.5. The van der Waals surface area contributed by atoms with Gasteiger partial charge in [0.1, 0.15) is 5.82 Å². The molecule has 0 atom stereocenters. The summed E-state index contributed by atoms with van der Waals surface area (Å²) in [5.74, 6) is -0.199. The van der Waals surface area contributed by atoms with E-state index in [0.29, 0.717) is 6.04 Å². The van der Waals surface area contributed by atoms with Crippen molar-refractivity contribution in [3.63, 3.8) is 0 Å². The zero-order valence-electron chi connectivity index (χ0n) is 12.3. The summed E-state index contributed by atoms with van der Waals surface area (Å²) >= 11 is 1.46. The lowest BCUT2D eigenvalue weighted by Crippen LogP contribution is -2.43. The Kier molecular flexibility index (Phi) is 3.95. The summed E-state index contributed by atoms with van der Waals surface area (Å²) in [4.78, 5) is 15.3. The summed E-state index contributed by atoms with van der Waals surface area (Å²) in [7, 11) is 1.88. The predicted octanol–water partition coefficient (Wildman–Crippen LogP) is 3.17. The van der Waals surface area contributed by atoms with E-state index < -0.39 is 0 Å². The van der Waals surface area contributed by atoms with E-state index in [2.05, 4.69) is 5.32 Å². The predicted molar refractivity (Wildman–Crippen MR) is 84.5 cm³/mol. The second-order valence-corrected chi connectivity index (χ2v) is 6.65. The van der Waals surface area contributed by atoms with E-state index in [9.17, 15) is 9.18 Å². The largest absolute Gasteiger partial charge is 0.338 e. The Balaban J connectivity index is 1.92. The van der Waals surface area contributed by atoms with Gasteiger partial charge in [-0.15, -0.1) is 11.3 Å². The molecule has 2 heterocycles. The number of carbonyl (C=O) groups excluding carboxylic acids is 1. The molecule has 0 aliphatic carbocycles. The van der Waals surface area contributed by atoms with Gasteiger partial charge in [0.15, 0.2) is 0 Å². The highest BCUT2D eigenvalue weighted by atomic mass is 32.1. The lowest BCUT2D eigenvalue weighted by atomic mass is 10.0. The third-order valence-electron chi connectivity index (χ3n) is 4.27. The van der Waals surface area contributed by atoms with Crippen molar-refractivity contribution in [1.82, 2.24) is 10.2 Å². The molecule has 1 saturated heterocycles. The highest BCUT2D eigenvalue weighted by Gasteiger charge is 2.25. The van der Waals surface area contributed by atoms with Crippen molar-refractivity contribution >= 4 is 27.3 Å². The van der Waals surface area contributed by atoms with Gasteiger partial charge < -0.3 is 10.2 Å². The molecule has 21 heavy (non-hydrogen) atoms. The van der Waals surface area contributed by atoms with Crippen LogP contribution in [-0.4, -0.2) is 37.0 Å². The van der Waals surface area contributed by atoms with Gasteiger partial charge in [0.25, 0.3) is 5.91 Å². The molecule has 1 aromatic carbocycles. The molecule has 0 unspecified atom stereocenters. The average Bonchev–Trinajstić information content (AvgIpc) is 2.83. The van der Waals surface area contributed by atoms with Crippen LogP contribution in [0.2, 0.25) is 0 Å². The first-order valence-electron chi connectivity index (χ1n) is 7.24. The maximum absolute atomic E-state index is 13.4. The fraction of sp³-hybridized carbons (Fsp3) is 0.438. The molecule has 1 fully saturated rings. The van der Waals surface area contributed by atoms with E-state index in [1.54, 1.807) is 6.07 Å². The number of piperidine rings is 1. The molecule has 2 aromatic rings. The Hall–Kier alpha value is -1.46. The molecule has 3 rings (SSSR count). The molecular formula is C16H19FN2OS. The molecule has 1 aliphatic heterocycles. The quantitative estimate of drug-likeness (QED) is 0.924. The summed E-state index contributed by atoms with van der Waals surface area (Å²) in [6.45, 7) is 3.82. The van der Waals surface area contributed by atoms with Crippen molar-refractivity contribution < 1.29 is 9.18 Å². The number of benzene rings is 1. The fourth-order valence-electron chi connectivity index (χ4n) is 2.92. The molecule has 5 heteroatoms. The number of carbonyl (C=O) groups is 1. The molecular weight excluding hydrogens is 287 g/mol. The number of hydrogen-bond donors (Lipinski definition) is 1. The maximum atomic E-state index is 13.4. The molecule has 1 N–H and O–H groups in total. The number of rotatable bonds is 2. The van der Waals surface area contributed by atoms with E-state index in [4.69, 9.17) is 0 Å². The van der Waals surface area contributed by atoms with Crippen LogP contribution in [0.15, 0.2) is 18.2 Å². The first-order chi connectivity index (χ1) is 10.1. The minimum absolute atomic E-state index is 0.0565. The van der Waals surface area contributed by atoms with Crippen LogP contribution in [0.1, 0.15) is 28.1 Å². The molecule has 0 bridgehead atoms. The maximum Gasteiger partial charge on any atom is 0.264 e. The zero-order valence-corrected chi connectivity index (χ0v) is 13.1. The molecule has 1 aromatic heterocycles. The van der Waals surface area contributed by atoms with Gasteiger partial charge in [-0.05, 0) is 62.0 Å². The lowest BCUT2D eigenvalue weighted by molar-refractivity contribution is 0.0707. The second-order valence-electron chi connectivity index (χ2n) is 5.59. The Morgan fingerprint density at radius 3 is 2.81 bits per heavy atom. The zero-order chi connectivity index (χ0) is 15.0. The van der Waals surface area contributed by atoms with Gasteiger partial charge in [0.05, 0.1) is 4.88 Å². The first-order valence-corrected chi connectivity index (χ1v) is 8.06. The van der Waals surface area contributed by atoms with Gasteiger partial charge in [0.2, 0.25) is 0 Å². The minimum atomic E-state index is -0.255. The topological polar surface area (TPSA) is 32.3 Å². The monoisotopic (exact) mass is 306 g/mol. The summed E-state index contributed by atoms with van der Waals surface area (Å²) < 4.78 is 14.3. The van der Waals surface area contributed by atoms with Gasteiger partial charge in [-0.25, -0.2) is 4.39 Å². The van der Waals surface area contributed by atoms with Crippen LogP contribution in [0, 0.1) is 12.7 Å². The van der Waals surface area contributed by atoms with E-state index in [0.717, 1.165) is 46.5 Å². The van der Waals surface area contributed by atoms with Crippen LogP contribution < -0.4 is 5.32 Å². The third kappa shape index (κ3) is 2.68. The van der Waals surface area contributed by atoms with Crippen molar-refractivity contribution in [2.75, 3.05) is 20.1 Å². The number of nitrogens with zero attached hydrogens (tertiary/aromatic N) is 1. The second kappa shape index (κ2) is 5.73. The van der Waals surface area contributed by atoms with Crippen LogP contribution in [0.3, 0.4) is 0 Å². The normalized spacial score (nSPS) is 16.3. The molecule has 3 nitrogen and oxygen atoms in total. The number of amides is 1. The Bertz CT molecular complexity index is 676.